The number of nitrogens with one attached hydrogen (secondary N) is 1. The first-order valence-corrected chi connectivity index (χ1v) is 10.3. The summed E-state index contributed by atoms with van der Waals surface area (Å²) in [5, 5.41) is 4.68. The van der Waals surface area contributed by atoms with Crippen LogP contribution in [0.15, 0.2) is 4.99 Å². The maximum Gasteiger partial charge on any atom is 0.235 e. The Kier molecular flexibility index (Phi) is 6.98. The molecule has 1 heterocycles. The van der Waals surface area contributed by atoms with Crippen molar-refractivity contribution in [2.45, 2.75) is 75.9 Å². The number of amidine groups is 1. The predicted molar refractivity (Wildman–Crippen MR) is 97.1 cm³/mol. The number of carbonyl (C=O) groups is 1. The van der Waals surface area contributed by atoms with Crippen molar-refractivity contribution in [2.75, 3.05) is 13.2 Å². The van der Waals surface area contributed by atoms with Gasteiger partial charge in [0.1, 0.15) is 0 Å². The van der Waals surface area contributed by atoms with Gasteiger partial charge in [-0.3, -0.25) is 4.79 Å². The second-order valence-electron chi connectivity index (χ2n) is 7.35. The van der Waals surface area contributed by atoms with Crippen molar-refractivity contribution < 1.29 is 14.3 Å². The molecule has 24 heavy (non-hydrogen) atoms. The van der Waals surface area contributed by atoms with Crippen LogP contribution in [-0.2, 0) is 14.3 Å². The van der Waals surface area contributed by atoms with Gasteiger partial charge in [-0.1, -0.05) is 25.1 Å². The van der Waals surface area contributed by atoms with Crippen LogP contribution in [0.4, 0.5) is 0 Å². The molecule has 5 nitrogen and oxygen atoms in total. The Morgan fingerprint density at radius 2 is 2.29 bits per heavy atom. The largest absolute Gasteiger partial charge is 0.362 e. The molecular formula is C18H30N2O3S. The number of hydrogen-bond donors (Lipinski definition) is 1. The van der Waals surface area contributed by atoms with E-state index in [1.165, 1.54) is 32.1 Å². The first kappa shape index (κ1) is 18.2. The molecule has 3 fully saturated rings. The van der Waals surface area contributed by atoms with Gasteiger partial charge in [0.2, 0.25) is 6.41 Å². The predicted octanol–water partition coefficient (Wildman–Crippen LogP) is 3.33. The zero-order valence-corrected chi connectivity index (χ0v) is 15.4. The third-order valence-corrected chi connectivity index (χ3v) is 6.58. The van der Waals surface area contributed by atoms with Gasteiger partial charge in [-0.25, -0.2) is 0 Å². The SMILES string of the molecule is CC(CCOC1CCCCO1)S/C(=N\C=O)N[C@H]1C[C@@H]2CC[C@H]1C2. The van der Waals surface area contributed by atoms with Crippen LogP contribution in [-0.4, -0.2) is 42.4 Å². The Bertz CT molecular complexity index is 440. The molecule has 3 rings (SSSR count). The van der Waals surface area contributed by atoms with Crippen LogP contribution in [0.1, 0.15) is 58.3 Å². The topological polar surface area (TPSA) is 59.9 Å². The van der Waals surface area contributed by atoms with Crippen molar-refractivity contribution in [3.05, 3.63) is 0 Å². The van der Waals surface area contributed by atoms with Crippen molar-refractivity contribution in [3.63, 3.8) is 0 Å². The van der Waals surface area contributed by atoms with Gasteiger partial charge in [0.15, 0.2) is 11.5 Å². The number of amides is 1. The van der Waals surface area contributed by atoms with E-state index in [1.54, 1.807) is 11.8 Å². The highest BCUT2D eigenvalue weighted by Crippen LogP contribution is 2.44. The Morgan fingerprint density at radius 3 is 2.96 bits per heavy atom. The molecule has 2 aliphatic carbocycles. The summed E-state index contributed by atoms with van der Waals surface area (Å²) in [6, 6.07) is 0.508. The molecule has 3 aliphatic rings. The van der Waals surface area contributed by atoms with E-state index in [1.807, 2.05) is 0 Å². The van der Waals surface area contributed by atoms with Crippen molar-refractivity contribution in [1.82, 2.24) is 5.32 Å². The van der Waals surface area contributed by atoms with Gasteiger partial charge in [-0.2, -0.15) is 4.99 Å². The van der Waals surface area contributed by atoms with Gasteiger partial charge in [0, 0.05) is 17.9 Å². The van der Waals surface area contributed by atoms with E-state index < -0.39 is 0 Å². The number of nitrogens with zero attached hydrogens (tertiary/aromatic N) is 1. The van der Waals surface area contributed by atoms with Crippen LogP contribution >= 0.6 is 11.8 Å². The molecule has 0 spiro atoms. The summed E-state index contributed by atoms with van der Waals surface area (Å²) in [5.41, 5.74) is 0. The van der Waals surface area contributed by atoms with Gasteiger partial charge >= 0.3 is 0 Å². The monoisotopic (exact) mass is 354 g/mol. The fourth-order valence-electron chi connectivity index (χ4n) is 4.19. The van der Waals surface area contributed by atoms with Crippen LogP contribution < -0.4 is 5.32 Å². The fraction of sp³-hybridized carbons (Fsp3) is 0.889. The molecule has 6 heteroatoms. The molecule has 1 amide bonds. The van der Waals surface area contributed by atoms with E-state index in [4.69, 9.17) is 9.47 Å². The summed E-state index contributed by atoms with van der Waals surface area (Å²) in [6.45, 7) is 3.68. The Hall–Kier alpha value is -0.590. The Balaban J connectivity index is 1.38. The molecule has 0 aromatic rings. The third kappa shape index (κ3) is 5.20. The number of ether oxygens (including phenoxy) is 2. The van der Waals surface area contributed by atoms with Gasteiger partial charge in [-0.15, -0.1) is 0 Å². The number of hydrogen-bond acceptors (Lipinski definition) is 4. The minimum atomic E-state index is -0.0220. The third-order valence-electron chi connectivity index (χ3n) is 5.50. The average Bonchev–Trinajstić information content (AvgIpc) is 3.19. The number of thioether (sulfide) groups is 1. The van der Waals surface area contributed by atoms with Crippen LogP contribution in [0.2, 0.25) is 0 Å². The van der Waals surface area contributed by atoms with E-state index >= 15 is 0 Å². The number of carbonyl (C=O) groups excluding carboxylic acids is 1. The van der Waals surface area contributed by atoms with Crippen LogP contribution in [0, 0.1) is 11.8 Å². The molecule has 0 radical (unpaired) electrons. The summed E-state index contributed by atoms with van der Waals surface area (Å²) in [7, 11) is 0. The van der Waals surface area contributed by atoms with Crippen LogP contribution in [0.5, 0.6) is 0 Å². The van der Waals surface area contributed by atoms with Gasteiger partial charge < -0.3 is 14.8 Å². The zero-order valence-electron chi connectivity index (χ0n) is 14.6. The quantitative estimate of drug-likeness (QED) is 0.432. The average molecular weight is 355 g/mol. The molecule has 1 saturated heterocycles. The molecule has 5 atom stereocenters. The molecule has 136 valence electrons. The maximum atomic E-state index is 10.9. The van der Waals surface area contributed by atoms with E-state index in [2.05, 4.69) is 17.2 Å². The highest BCUT2D eigenvalue weighted by atomic mass is 32.2. The summed E-state index contributed by atoms with van der Waals surface area (Å²) < 4.78 is 11.4. The highest BCUT2D eigenvalue weighted by Gasteiger charge is 2.39. The lowest BCUT2D eigenvalue weighted by Gasteiger charge is -2.25. The smallest absolute Gasteiger partial charge is 0.235 e. The molecule has 2 unspecified atom stereocenters. The highest BCUT2D eigenvalue weighted by molar-refractivity contribution is 8.14. The Morgan fingerprint density at radius 1 is 1.38 bits per heavy atom. The Labute approximate surface area is 149 Å². The van der Waals surface area contributed by atoms with Crippen LogP contribution in [0.3, 0.4) is 0 Å². The normalized spacial score (nSPS) is 34.3. The van der Waals surface area contributed by atoms with Crippen molar-refractivity contribution in [3.8, 4) is 0 Å². The fourth-order valence-corrected chi connectivity index (χ4v) is 5.11. The van der Waals surface area contributed by atoms with E-state index in [0.29, 0.717) is 24.3 Å². The molecule has 2 saturated carbocycles. The molecule has 0 aromatic heterocycles. The zero-order chi connectivity index (χ0) is 16.8. The first-order chi connectivity index (χ1) is 11.7. The van der Waals surface area contributed by atoms with E-state index in [-0.39, 0.29) is 6.29 Å². The van der Waals surface area contributed by atoms with Crippen LogP contribution in [0.25, 0.3) is 0 Å². The maximum absolute atomic E-state index is 10.9. The van der Waals surface area contributed by atoms with Gasteiger partial charge in [0.25, 0.3) is 0 Å². The summed E-state index contributed by atoms with van der Waals surface area (Å²) in [6.07, 6.45) is 10.2. The lowest BCUT2D eigenvalue weighted by atomic mass is 9.96. The summed E-state index contributed by atoms with van der Waals surface area (Å²) in [4.78, 5) is 14.9. The van der Waals surface area contributed by atoms with E-state index in [9.17, 15) is 4.79 Å². The lowest BCUT2D eigenvalue weighted by molar-refractivity contribution is -0.162. The molecule has 0 aromatic carbocycles. The standard InChI is InChI=1S/C18H30N2O3S/c1-13(7-9-23-17-4-2-3-8-22-17)24-18(19-12-21)20-16-11-14-5-6-15(16)10-14/h12-17H,2-11H2,1H3,(H,19,20,21)/t13?,14-,15+,16+,17?/m1/s1. The second-order valence-corrected chi connectivity index (χ2v) is 8.78. The first-order valence-electron chi connectivity index (χ1n) is 9.42. The van der Waals surface area contributed by atoms with Gasteiger partial charge in [0.05, 0.1) is 6.61 Å². The number of aliphatic imine (C=N–C) groups is 1. The second kappa shape index (κ2) is 9.20. The molecular weight excluding hydrogens is 324 g/mol. The minimum absolute atomic E-state index is 0.0220. The molecule has 2 bridgehead atoms. The lowest BCUT2D eigenvalue weighted by Crippen LogP contribution is -2.38. The summed E-state index contributed by atoms with van der Waals surface area (Å²) >= 11 is 1.66. The number of fused-ring (bicyclic) bond motifs is 2. The molecule has 1 N–H and O–H groups in total. The van der Waals surface area contributed by atoms with Crippen molar-refractivity contribution in [1.29, 1.82) is 0 Å². The van der Waals surface area contributed by atoms with Gasteiger partial charge in [-0.05, 0) is 56.8 Å². The van der Waals surface area contributed by atoms with Crippen molar-refractivity contribution in [2.24, 2.45) is 16.8 Å². The summed E-state index contributed by atoms with van der Waals surface area (Å²) in [5.74, 6) is 1.66. The number of rotatable bonds is 7. The van der Waals surface area contributed by atoms with Crippen molar-refractivity contribution >= 4 is 23.3 Å². The minimum Gasteiger partial charge on any atom is -0.362 e. The van der Waals surface area contributed by atoms with E-state index in [0.717, 1.165) is 42.9 Å². The molecule has 1 aliphatic heterocycles.